The summed E-state index contributed by atoms with van der Waals surface area (Å²) < 4.78 is 1.86. The number of nitrogens with two attached hydrogens (primary N) is 1. The fourth-order valence-corrected chi connectivity index (χ4v) is 2.91. The number of guanidine groups is 1. The van der Waals surface area contributed by atoms with Crippen LogP contribution in [0.5, 0.6) is 0 Å². The molecule has 3 N–H and O–H groups in total. The third kappa shape index (κ3) is 24.5. The molecule has 0 atom stereocenters. The maximum absolute atomic E-state index is 10.1. The van der Waals surface area contributed by atoms with E-state index in [0.717, 1.165) is 18.8 Å². The third-order valence-electron chi connectivity index (χ3n) is 4.72. The Labute approximate surface area is 174 Å². The number of carbonyl (C=O) groups is 1. The van der Waals surface area contributed by atoms with Crippen LogP contribution in [0, 0.1) is 0 Å². The summed E-state index contributed by atoms with van der Waals surface area (Å²) in [7, 11) is 7.65. The summed E-state index contributed by atoms with van der Waals surface area (Å²) in [6.45, 7) is 2.81. The highest BCUT2D eigenvalue weighted by atomic mass is 16.4. The Balaban J connectivity index is 0. The van der Waals surface area contributed by atoms with Crippen LogP contribution in [0.3, 0.4) is 0 Å². The summed E-state index contributed by atoms with van der Waals surface area (Å²) in [4.78, 5) is 12.0. The van der Waals surface area contributed by atoms with Crippen LogP contribution in [0.15, 0.2) is 0 Å². The highest BCUT2D eigenvalue weighted by molar-refractivity contribution is 5.72. The minimum atomic E-state index is -1.15. The highest BCUT2D eigenvalue weighted by Gasteiger charge is 2.00. The molecular weight excluding hydrogens is 352 g/mol. The second kappa shape index (κ2) is 21.8. The zero-order chi connectivity index (χ0) is 21.6. The fourth-order valence-electron chi connectivity index (χ4n) is 2.91. The lowest BCUT2D eigenvalue weighted by atomic mass is 10.0. The topological polar surface area (TPSA) is 84.4 Å². The van der Waals surface area contributed by atoms with Crippen molar-refractivity contribution < 1.29 is 14.5 Å². The largest absolute Gasteiger partial charge is 0.530 e. The molecule has 0 spiro atoms. The molecule has 6 nitrogen and oxygen atoms in total. The number of nitrogens with zero attached hydrogens (tertiary/aromatic N) is 2. The predicted molar refractivity (Wildman–Crippen MR) is 119 cm³/mol. The molecule has 0 rings (SSSR count). The molecule has 0 aromatic carbocycles. The SMILES string of the molecule is CCCCCCCCCCCCCCCCNC(=O)[O-].CN(C)C(N)=[N+](C)C. The van der Waals surface area contributed by atoms with E-state index in [-0.39, 0.29) is 0 Å². The van der Waals surface area contributed by atoms with Gasteiger partial charge in [0.2, 0.25) is 0 Å². The first-order valence-electron chi connectivity index (χ1n) is 11.2. The minimum absolute atomic E-state index is 0.542. The van der Waals surface area contributed by atoms with Gasteiger partial charge in [-0.1, -0.05) is 90.4 Å². The predicted octanol–water partition coefficient (Wildman–Crippen LogP) is 3.54. The zero-order valence-corrected chi connectivity index (χ0v) is 19.4. The average Bonchev–Trinajstić information content (AvgIpc) is 2.64. The van der Waals surface area contributed by atoms with Gasteiger partial charge >= 0.3 is 5.96 Å². The lowest BCUT2D eigenvalue weighted by Gasteiger charge is -2.06. The average molecular weight is 401 g/mol. The maximum atomic E-state index is 10.1. The second-order valence-electron chi connectivity index (χ2n) is 7.96. The van der Waals surface area contributed by atoms with Crippen LogP contribution in [0.2, 0.25) is 0 Å². The van der Waals surface area contributed by atoms with E-state index in [4.69, 9.17) is 5.73 Å². The van der Waals surface area contributed by atoms with Crippen molar-refractivity contribution in [1.82, 2.24) is 10.2 Å². The monoisotopic (exact) mass is 400 g/mol. The summed E-state index contributed by atoms with van der Waals surface area (Å²) in [5.41, 5.74) is 5.53. The Morgan fingerprint density at radius 2 is 1.18 bits per heavy atom. The Bertz CT molecular complexity index is 381. The van der Waals surface area contributed by atoms with Crippen LogP contribution in [0.25, 0.3) is 0 Å². The molecule has 0 aliphatic carbocycles. The summed E-state index contributed by atoms with van der Waals surface area (Å²) in [6, 6.07) is 0. The summed E-state index contributed by atoms with van der Waals surface area (Å²) in [6.07, 6.45) is 17.3. The molecule has 0 unspecified atom stereocenters. The molecule has 0 aromatic rings. The van der Waals surface area contributed by atoms with Gasteiger partial charge in [0.05, 0.1) is 28.2 Å². The van der Waals surface area contributed by atoms with E-state index >= 15 is 0 Å². The third-order valence-corrected chi connectivity index (χ3v) is 4.72. The number of unbranched alkanes of at least 4 members (excludes halogenated alkanes) is 13. The van der Waals surface area contributed by atoms with E-state index in [1.54, 1.807) is 0 Å². The summed E-state index contributed by atoms with van der Waals surface area (Å²) in [5, 5.41) is 12.4. The van der Waals surface area contributed by atoms with Crippen LogP contribution >= 0.6 is 0 Å². The van der Waals surface area contributed by atoms with Crippen LogP contribution in [-0.4, -0.2) is 56.3 Å². The van der Waals surface area contributed by atoms with Gasteiger partial charge in [-0.3, -0.25) is 15.2 Å². The van der Waals surface area contributed by atoms with E-state index in [0.29, 0.717) is 6.54 Å². The van der Waals surface area contributed by atoms with Crippen LogP contribution in [0.4, 0.5) is 4.79 Å². The molecular formula is C22H48N4O2. The van der Waals surface area contributed by atoms with Gasteiger partial charge in [-0.15, -0.1) is 0 Å². The second-order valence-corrected chi connectivity index (χ2v) is 7.96. The molecule has 28 heavy (non-hydrogen) atoms. The van der Waals surface area contributed by atoms with E-state index in [9.17, 15) is 9.90 Å². The number of hydrogen-bond acceptors (Lipinski definition) is 2. The standard InChI is InChI=1S/C17H35NO2.C5H13N3/c1-2-3-4-5-6-7-8-9-10-11-12-13-14-15-16-18-17(19)20;1-7(2)5(6)8(3)4/h18H,2-16H2,1H3,(H,19,20);6H,1-4H3. The van der Waals surface area contributed by atoms with Gasteiger partial charge in [-0.05, 0) is 6.42 Å². The first-order chi connectivity index (χ1) is 13.3. The van der Waals surface area contributed by atoms with Gasteiger partial charge in [-0.2, -0.15) is 0 Å². The first kappa shape index (κ1) is 28.7. The zero-order valence-electron chi connectivity index (χ0n) is 19.4. The van der Waals surface area contributed by atoms with Crippen molar-refractivity contribution in [3.63, 3.8) is 0 Å². The van der Waals surface area contributed by atoms with Crippen molar-refractivity contribution in [2.24, 2.45) is 5.73 Å². The highest BCUT2D eigenvalue weighted by Crippen LogP contribution is 2.12. The lowest BCUT2D eigenvalue weighted by Crippen LogP contribution is -2.36. The van der Waals surface area contributed by atoms with Gasteiger partial charge < -0.3 is 15.2 Å². The quantitative estimate of drug-likeness (QED) is 0.191. The van der Waals surface area contributed by atoms with Crippen molar-refractivity contribution in [2.45, 2.75) is 96.8 Å². The molecule has 6 heteroatoms. The van der Waals surface area contributed by atoms with Crippen LogP contribution in [-0.2, 0) is 0 Å². The van der Waals surface area contributed by atoms with Crippen molar-refractivity contribution in [1.29, 1.82) is 0 Å². The molecule has 0 saturated heterocycles. The number of amides is 1. The number of rotatable bonds is 15. The van der Waals surface area contributed by atoms with E-state index in [1.807, 2.05) is 37.7 Å². The maximum Gasteiger partial charge on any atom is 0.344 e. The van der Waals surface area contributed by atoms with Crippen molar-refractivity contribution in [3.8, 4) is 0 Å². The minimum Gasteiger partial charge on any atom is -0.530 e. The molecule has 168 valence electrons. The fraction of sp³-hybridized carbons (Fsp3) is 0.909. The van der Waals surface area contributed by atoms with Gasteiger partial charge in [0.15, 0.2) is 0 Å². The Hall–Kier alpha value is -1.46. The lowest BCUT2D eigenvalue weighted by molar-refractivity contribution is -0.470. The molecule has 0 aliphatic rings. The van der Waals surface area contributed by atoms with Crippen molar-refractivity contribution >= 4 is 12.1 Å². The van der Waals surface area contributed by atoms with E-state index < -0.39 is 6.09 Å². The number of nitrogens with one attached hydrogen (secondary N) is 1. The summed E-state index contributed by atoms with van der Waals surface area (Å²) >= 11 is 0. The Kier molecular flexibility index (Phi) is 22.4. The molecule has 1 amide bonds. The van der Waals surface area contributed by atoms with Gasteiger partial charge in [0, 0.05) is 6.54 Å². The van der Waals surface area contributed by atoms with Gasteiger partial charge in [0.1, 0.15) is 6.09 Å². The van der Waals surface area contributed by atoms with E-state index in [2.05, 4.69) is 12.2 Å². The molecule has 0 aliphatic heterocycles. The summed E-state index contributed by atoms with van der Waals surface area (Å²) in [5.74, 6) is 0.769. The Morgan fingerprint density at radius 1 is 0.821 bits per heavy atom. The molecule has 0 saturated carbocycles. The van der Waals surface area contributed by atoms with Gasteiger partial charge in [-0.25, -0.2) is 0 Å². The van der Waals surface area contributed by atoms with Crippen molar-refractivity contribution in [3.05, 3.63) is 0 Å². The number of carboxylic acid groups (broad SMARTS) is 1. The molecule has 0 aromatic heterocycles. The normalized spacial score (nSPS) is 10.0. The first-order valence-corrected chi connectivity index (χ1v) is 11.2. The van der Waals surface area contributed by atoms with Crippen molar-refractivity contribution in [2.75, 3.05) is 34.7 Å². The number of hydrogen-bond donors (Lipinski definition) is 2. The number of carbonyl (C=O) groups excluding carboxylic acids is 1. The van der Waals surface area contributed by atoms with Crippen LogP contribution < -0.4 is 16.2 Å². The van der Waals surface area contributed by atoms with Crippen LogP contribution in [0.1, 0.15) is 96.8 Å². The molecule has 0 heterocycles. The Morgan fingerprint density at radius 3 is 1.43 bits per heavy atom. The van der Waals surface area contributed by atoms with E-state index in [1.165, 1.54) is 77.0 Å². The smallest absolute Gasteiger partial charge is 0.344 e. The molecule has 0 fully saturated rings. The molecule has 0 radical (unpaired) electrons. The van der Waals surface area contributed by atoms with Gasteiger partial charge in [0.25, 0.3) is 0 Å². The molecule has 0 bridgehead atoms.